The van der Waals surface area contributed by atoms with Crippen molar-refractivity contribution < 1.29 is 9.59 Å². The molecule has 0 saturated heterocycles. The third-order valence-electron chi connectivity index (χ3n) is 2.35. The second-order valence-corrected chi connectivity index (χ2v) is 4.08. The number of hydrogen-bond acceptors (Lipinski definition) is 3. The fourth-order valence-electron chi connectivity index (χ4n) is 1.46. The second-order valence-electron chi connectivity index (χ2n) is 3.68. The summed E-state index contributed by atoms with van der Waals surface area (Å²) in [4.78, 5) is 22.9. The molecule has 0 atom stereocenters. The molecule has 1 amide bonds. The number of ketones is 1. The maximum Gasteiger partial charge on any atom is 0.273 e. The average Bonchev–Trinajstić information content (AvgIpc) is 2.81. The van der Waals surface area contributed by atoms with Gasteiger partial charge in [0.2, 0.25) is 0 Å². The van der Waals surface area contributed by atoms with Crippen LogP contribution in [-0.4, -0.2) is 21.9 Å². The largest absolute Gasteiger partial charge is 0.321 e. The van der Waals surface area contributed by atoms with Crippen molar-refractivity contribution in [3.05, 3.63) is 46.7 Å². The average molecular weight is 264 g/mol. The summed E-state index contributed by atoms with van der Waals surface area (Å²) in [6.07, 6.45) is 1.49. The molecule has 2 rings (SSSR count). The Labute approximate surface area is 108 Å². The van der Waals surface area contributed by atoms with E-state index in [2.05, 4.69) is 15.5 Å². The first-order chi connectivity index (χ1) is 8.58. The van der Waals surface area contributed by atoms with Crippen LogP contribution in [0.1, 0.15) is 27.8 Å². The Morgan fingerprint density at radius 1 is 1.33 bits per heavy atom. The van der Waals surface area contributed by atoms with E-state index in [1.54, 1.807) is 18.2 Å². The molecule has 1 aromatic heterocycles. The van der Waals surface area contributed by atoms with Gasteiger partial charge in [0, 0.05) is 17.4 Å². The number of carbonyl (C=O) groups excluding carboxylic acids is 2. The number of anilines is 1. The van der Waals surface area contributed by atoms with Crippen LogP contribution in [0.3, 0.4) is 0 Å². The molecule has 0 radical (unpaired) electrons. The Hall–Kier alpha value is -2.14. The van der Waals surface area contributed by atoms with Gasteiger partial charge in [-0.1, -0.05) is 11.6 Å². The summed E-state index contributed by atoms with van der Waals surface area (Å²) in [6, 6.07) is 6.29. The molecule has 1 heterocycles. The lowest BCUT2D eigenvalue weighted by molar-refractivity contribution is 0.101. The van der Waals surface area contributed by atoms with Gasteiger partial charge < -0.3 is 5.32 Å². The molecule has 0 aliphatic rings. The molecule has 0 aliphatic heterocycles. The lowest BCUT2D eigenvalue weighted by Crippen LogP contribution is -2.12. The highest BCUT2D eigenvalue weighted by atomic mass is 35.5. The molecule has 2 N–H and O–H groups in total. The zero-order chi connectivity index (χ0) is 13.1. The van der Waals surface area contributed by atoms with Gasteiger partial charge in [-0.25, -0.2) is 0 Å². The van der Waals surface area contributed by atoms with E-state index in [-0.39, 0.29) is 11.7 Å². The zero-order valence-corrected chi connectivity index (χ0v) is 10.3. The van der Waals surface area contributed by atoms with E-state index in [0.717, 1.165) is 0 Å². The van der Waals surface area contributed by atoms with E-state index in [0.29, 0.717) is 22.0 Å². The van der Waals surface area contributed by atoms with Crippen molar-refractivity contribution in [3.63, 3.8) is 0 Å². The van der Waals surface area contributed by atoms with Crippen molar-refractivity contribution >= 4 is 29.0 Å². The van der Waals surface area contributed by atoms with Crippen molar-refractivity contribution in [2.45, 2.75) is 6.92 Å². The summed E-state index contributed by atoms with van der Waals surface area (Å²) in [6.45, 7) is 1.43. The molecule has 0 spiro atoms. The molecule has 2 aromatic rings. The second kappa shape index (κ2) is 5.01. The van der Waals surface area contributed by atoms with Crippen LogP contribution in [0, 0.1) is 0 Å². The third-order valence-corrected chi connectivity index (χ3v) is 2.66. The van der Waals surface area contributed by atoms with Crippen molar-refractivity contribution in [2.24, 2.45) is 0 Å². The lowest BCUT2D eigenvalue weighted by Gasteiger charge is -2.06. The Balaban J connectivity index is 2.18. The summed E-state index contributed by atoms with van der Waals surface area (Å²) >= 11 is 5.94. The topological polar surface area (TPSA) is 74.8 Å². The Bertz CT molecular complexity index is 593. The van der Waals surface area contributed by atoms with Crippen molar-refractivity contribution in [3.8, 4) is 0 Å². The number of benzene rings is 1. The number of halogens is 1. The zero-order valence-electron chi connectivity index (χ0n) is 9.53. The molecular formula is C12H10ClN3O2. The van der Waals surface area contributed by atoms with Crippen LogP contribution in [0.5, 0.6) is 0 Å². The number of nitrogens with zero attached hydrogens (tertiary/aromatic N) is 1. The van der Waals surface area contributed by atoms with Gasteiger partial charge in [-0.3, -0.25) is 14.7 Å². The Kier molecular flexibility index (Phi) is 3.43. The fourth-order valence-corrected chi connectivity index (χ4v) is 1.77. The maximum atomic E-state index is 11.7. The van der Waals surface area contributed by atoms with Gasteiger partial charge in [-0.05, 0) is 31.2 Å². The molecular weight excluding hydrogens is 254 g/mol. The number of H-pyrrole nitrogens is 1. The number of aromatic nitrogens is 2. The summed E-state index contributed by atoms with van der Waals surface area (Å²) in [7, 11) is 0. The Morgan fingerprint density at radius 2 is 2.11 bits per heavy atom. The predicted molar refractivity (Wildman–Crippen MR) is 68.0 cm³/mol. The van der Waals surface area contributed by atoms with Gasteiger partial charge in [0.25, 0.3) is 5.91 Å². The van der Waals surface area contributed by atoms with Crippen LogP contribution in [0.15, 0.2) is 30.5 Å². The highest BCUT2D eigenvalue weighted by Crippen LogP contribution is 2.21. The molecule has 0 saturated carbocycles. The number of rotatable bonds is 3. The van der Waals surface area contributed by atoms with Crippen LogP contribution >= 0.6 is 11.6 Å². The van der Waals surface area contributed by atoms with Crippen LogP contribution in [0.25, 0.3) is 0 Å². The highest BCUT2D eigenvalue weighted by molar-refractivity contribution is 6.34. The number of Topliss-reactive ketones (excluding diaryl/α,β-unsaturated/α-hetero) is 1. The molecule has 18 heavy (non-hydrogen) atoms. The first kappa shape index (κ1) is 12.3. The van der Waals surface area contributed by atoms with Crippen LogP contribution < -0.4 is 5.32 Å². The van der Waals surface area contributed by atoms with Crippen LogP contribution in [0.2, 0.25) is 5.02 Å². The number of amides is 1. The summed E-state index contributed by atoms with van der Waals surface area (Å²) < 4.78 is 0. The predicted octanol–water partition coefficient (Wildman–Crippen LogP) is 2.52. The summed E-state index contributed by atoms with van der Waals surface area (Å²) in [5.41, 5.74) is 1.29. The number of hydrogen-bond donors (Lipinski definition) is 2. The van der Waals surface area contributed by atoms with E-state index in [1.165, 1.54) is 19.2 Å². The standard InChI is InChI=1S/C12H10ClN3O2/c1-7(17)9-3-2-8(6-10(9)13)15-12(18)11-4-5-14-16-11/h2-6H,1H3,(H,14,16)(H,15,18). The van der Waals surface area contributed by atoms with Crippen LogP contribution in [0.4, 0.5) is 5.69 Å². The SMILES string of the molecule is CC(=O)c1ccc(NC(=O)c2ccn[nH]2)cc1Cl. The van der Waals surface area contributed by atoms with E-state index >= 15 is 0 Å². The van der Waals surface area contributed by atoms with Gasteiger partial charge in [0.15, 0.2) is 5.78 Å². The molecule has 0 aliphatic carbocycles. The minimum atomic E-state index is -0.320. The van der Waals surface area contributed by atoms with Gasteiger partial charge in [-0.2, -0.15) is 5.10 Å². The van der Waals surface area contributed by atoms with E-state index in [9.17, 15) is 9.59 Å². The fraction of sp³-hybridized carbons (Fsp3) is 0.0833. The quantitative estimate of drug-likeness (QED) is 0.836. The number of carbonyl (C=O) groups is 2. The van der Waals surface area contributed by atoms with Crippen molar-refractivity contribution in [1.29, 1.82) is 0 Å². The molecule has 5 nitrogen and oxygen atoms in total. The number of aromatic amines is 1. The monoisotopic (exact) mass is 263 g/mol. The minimum Gasteiger partial charge on any atom is -0.321 e. The molecule has 0 unspecified atom stereocenters. The third kappa shape index (κ3) is 2.57. The number of nitrogens with one attached hydrogen (secondary N) is 2. The van der Waals surface area contributed by atoms with Crippen molar-refractivity contribution in [2.75, 3.05) is 5.32 Å². The first-order valence-corrected chi connectivity index (χ1v) is 5.57. The van der Waals surface area contributed by atoms with Gasteiger partial charge in [-0.15, -0.1) is 0 Å². The lowest BCUT2D eigenvalue weighted by atomic mass is 10.1. The summed E-state index contributed by atoms with van der Waals surface area (Å²) in [5, 5.41) is 9.19. The summed E-state index contributed by atoms with van der Waals surface area (Å²) in [5.74, 6) is -0.439. The Morgan fingerprint density at radius 3 is 2.67 bits per heavy atom. The van der Waals surface area contributed by atoms with Crippen LogP contribution in [-0.2, 0) is 0 Å². The van der Waals surface area contributed by atoms with Gasteiger partial charge in [0.05, 0.1) is 5.02 Å². The molecule has 0 fully saturated rings. The molecule has 6 heteroatoms. The van der Waals surface area contributed by atoms with Crippen molar-refractivity contribution in [1.82, 2.24) is 10.2 Å². The van der Waals surface area contributed by atoms with E-state index in [1.807, 2.05) is 0 Å². The van der Waals surface area contributed by atoms with E-state index < -0.39 is 0 Å². The first-order valence-electron chi connectivity index (χ1n) is 5.19. The normalized spacial score (nSPS) is 10.1. The molecule has 0 bridgehead atoms. The highest BCUT2D eigenvalue weighted by Gasteiger charge is 2.10. The maximum absolute atomic E-state index is 11.7. The molecule has 92 valence electrons. The minimum absolute atomic E-state index is 0.119. The van der Waals surface area contributed by atoms with Gasteiger partial charge in [0.1, 0.15) is 5.69 Å². The van der Waals surface area contributed by atoms with E-state index in [4.69, 9.17) is 11.6 Å². The smallest absolute Gasteiger partial charge is 0.273 e. The van der Waals surface area contributed by atoms with Gasteiger partial charge >= 0.3 is 0 Å². The molecule has 1 aromatic carbocycles.